The van der Waals surface area contributed by atoms with Crippen LogP contribution in [0.15, 0.2) is 59.5 Å². The normalized spacial score (nSPS) is 10.7. The van der Waals surface area contributed by atoms with Gasteiger partial charge in [-0.05, 0) is 36.9 Å². The van der Waals surface area contributed by atoms with E-state index in [2.05, 4.69) is 71.9 Å². The van der Waals surface area contributed by atoms with Crippen molar-refractivity contribution in [2.45, 2.75) is 11.8 Å². The molecule has 0 aliphatic rings. The summed E-state index contributed by atoms with van der Waals surface area (Å²) in [7, 11) is 0. The Kier molecular flexibility index (Phi) is 4.46. The van der Waals surface area contributed by atoms with E-state index in [-0.39, 0.29) is 0 Å². The van der Waals surface area contributed by atoms with Gasteiger partial charge in [-0.25, -0.2) is 0 Å². The summed E-state index contributed by atoms with van der Waals surface area (Å²) in [6.45, 7) is 2.07. The maximum atomic E-state index is 6.06. The van der Waals surface area contributed by atoms with Crippen molar-refractivity contribution in [1.29, 1.82) is 0 Å². The zero-order valence-corrected chi connectivity index (χ0v) is 13.9. The summed E-state index contributed by atoms with van der Waals surface area (Å²) < 4.78 is 0. The van der Waals surface area contributed by atoms with Crippen molar-refractivity contribution >= 4 is 23.4 Å². The Morgan fingerprint density at radius 3 is 2.14 bits per heavy atom. The molecule has 1 heterocycles. The predicted octanol–water partition coefficient (Wildman–Crippen LogP) is 5.49. The molecule has 0 aliphatic carbocycles. The van der Waals surface area contributed by atoms with Gasteiger partial charge >= 0.3 is 0 Å². The molecule has 110 valence electrons. The van der Waals surface area contributed by atoms with E-state index in [0.29, 0.717) is 5.15 Å². The van der Waals surface area contributed by atoms with Crippen molar-refractivity contribution in [1.82, 2.24) is 10.2 Å². The molecular weight excluding hydrogens is 312 g/mol. The van der Waals surface area contributed by atoms with Crippen LogP contribution >= 0.6 is 23.4 Å². The lowest BCUT2D eigenvalue weighted by molar-refractivity contribution is 1.04. The third-order valence-electron chi connectivity index (χ3n) is 3.49. The van der Waals surface area contributed by atoms with Crippen molar-refractivity contribution in [2.75, 3.05) is 6.26 Å². The molecule has 3 aromatic rings. The SMILES string of the molecule is CSc1ccc(-c2nnc(Cl)cc2-c2ccc(C)cc2)cc1. The summed E-state index contributed by atoms with van der Waals surface area (Å²) in [6.07, 6.45) is 2.06. The quantitative estimate of drug-likeness (QED) is 0.595. The molecule has 0 atom stereocenters. The molecule has 0 bridgehead atoms. The molecule has 0 saturated heterocycles. The molecule has 0 radical (unpaired) electrons. The second-order valence-corrected chi connectivity index (χ2v) is 6.29. The standard InChI is InChI=1S/C18H15ClN2S/c1-12-3-5-13(6-4-12)16-11-17(19)20-21-18(16)14-7-9-15(22-2)10-8-14/h3-11H,1-2H3. The van der Waals surface area contributed by atoms with Gasteiger partial charge in [-0.2, -0.15) is 0 Å². The summed E-state index contributed by atoms with van der Waals surface area (Å²) in [5.41, 5.74) is 5.20. The minimum atomic E-state index is 0.403. The molecule has 0 amide bonds. The third kappa shape index (κ3) is 3.16. The number of aromatic nitrogens is 2. The van der Waals surface area contributed by atoms with Crippen LogP contribution in [0, 0.1) is 6.92 Å². The van der Waals surface area contributed by atoms with Gasteiger partial charge in [0, 0.05) is 16.0 Å². The van der Waals surface area contributed by atoms with Crippen LogP contribution in [0.25, 0.3) is 22.4 Å². The minimum absolute atomic E-state index is 0.403. The van der Waals surface area contributed by atoms with Gasteiger partial charge in [-0.1, -0.05) is 53.6 Å². The Hall–Kier alpha value is -1.84. The van der Waals surface area contributed by atoms with Crippen molar-refractivity contribution in [3.8, 4) is 22.4 Å². The molecule has 22 heavy (non-hydrogen) atoms. The second kappa shape index (κ2) is 6.51. The van der Waals surface area contributed by atoms with Crippen LogP contribution in [-0.4, -0.2) is 16.5 Å². The summed E-state index contributed by atoms with van der Waals surface area (Å²) in [5, 5.41) is 8.73. The van der Waals surface area contributed by atoms with E-state index in [4.69, 9.17) is 11.6 Å². The molecule has 2 nitrogen and oxygen atoms in total. The first kappa shape index (κ1) is 15.1. The molecular formula is C18H15ClN2S. The topological polar surface area (TPSA) is 25.8 Å². The average molecular weight is 327 g/mol. The molecule has 4 heteroatoms. The highest BCUT2D eigenvalue weighted by Crippen LogP contribution is 2.32. The van der Waals surface area contributed by atoms with Gasteiger partial charge in [-0.15, -0.1) is 22.0 Å². The maximum Gasteiger partial charge on any atom is 0.152 e. The van der Waals surface area contributed by atoms with E-state index in [1.54, 1.807) is 11.8 Å². The summed E-state index contributed by atoms with van der Waals surface area (Å²) in [6, 6.07) is 18.5. The number of hydrogen-bond donors (Lipinski definition) is 0. The van der Waals surface area contributed by atoms with Gasteiger partial charge in [0.05, 0.1) is 0 Å². The largest absolute Gasteiger partial charge is 0.152 e. The number of benzene rings is 2. The van der Waals surface area contributed by atoms with Gasteiger partial charge in [0.25, 0.3) is 0 Å². The number of nitrogens with zero attached hydrogens (tertiary/aromatic N) is 2. The van der Waals surface area contributed by atoms with E-state index < -0.39 is 0 Å². The molecule has 0 aliphatic heterocycles. The number of thioether (sulfide) groups is 1. The smallest absolute Gasteiger partial charge is 0.148 e. The van der Waals surface area contributed by atoms with Crippen molar-refractivity contribution in [3.05, 3.63) is 65.3 Å². The molecule has 0 spiro atoms. The Balaban J connectivity index is 2.12. The fourth-order valence-corrected chi connectivity index (χ4v) is 2.84. The Morgan fingerprint density at radius 1 is 0.864 bits per heavy atom. The maximum absolute atomic E-state index is 6.06. The molecule has 0 N–H and O–H groups in total. The monoisotopic (exact) mass is 326 g/mol. The highest BCUT2D eigenvalue weighted by atomic mass is 35.5. The van der Waals surface area contributed by atoms with Gasteiger partial charge in [0.2, 0.25) is 0 Å². The zero-order valence-electron chi connectivity index (χ0n) is 12.4. The van der Waals surface area contributed by atoms with Gasteiger partial charge < -0.3 is 0 Å². The van der Waals surface area contributed by atoms with Crippen LogP contribution < -0.4 is 0 Å². The first-order valence-corrected chi connectivity index (χ1v) is 8.52. The third-order valence-corrected chi connectivity index (χ3v) is 4.42. The average Bonchev–Trinajstić information content (AvgIpc) is 2.56. The van der Waals surface area contributed by atoms with Crippen LogP contribution in [0.2, 0.25) is 5.15 Å². The Bertz CT molecular complexity index is 783. The first-order valence-electron chi connectivity index (χ1n) is 6.92. The lowest BCUT2D eigenvalue weighted by Crippen LogP contribution is -1.93. The van der Waals surface area contributed by atoms with E-state index in [9.17, 15) is 0 Å². The van der Waals surface area contributed by atoms with Gasteiger partial charge in [0.1, 0.15) is 5.69 Å². The number of aryl methyl sites for hydroxylation is 1. The zero-order chi connectivity index (χ0) is 15.5. The van der Waals surface area contributed by atoms with Crippen molar-refractivity contribution < 1.29 is 0 Å². The number of rotatable bonds is 3. The molecule has 0 unspecified atom stereocenters. The molecule has 1 aromatic heterocycles. The fraction of sp³-hybridized carbons (Fsp3) is 0.111. The van der Waals surface area contributed by atoms with Gasteiger partial charge in [0.15, 0.2) is 5.15 Å². The minimum Gasteiger partial charge on any atom is -0.148 e. The highest BCUT2D eigenvalue weighted by Gasteiger charge is 2.11. The van der Waals surface area contributed by atoms with E-state index in [1.165, 1.54) is 10.5 Å². The molecule has 2 aromatic carbocycles. The molecule has 0 fully saturated rings. The van der Waals surface area contributed by atoms with Crippen LogP contribution in [0.3, 0.4) is 0 Å². The van der Waals surface area contributed by atoms with Crippen LogP contribution in [0.1, 0.15) is 5.56 Å². The first-order chi connectivity index (χ1) is 10.7. The number of halogens is 1. The van der Waals surface area contributed by atoms with Crippen LogP contribution in [-0.2, 0) is 0 Å². The lowest BCUT2D eigenvalue weighted by Gasteiger charge is -2.09. The predicted molar refractivity (Wildman–Crippen MR) is 94.4 cm³/mol. The highest BCUT2D eigenvalue weighted by molar-refractivity contribution is 7.98. The van der Waals surface area contributed by atoms with E-state index in [0.717, 1.165) is 22.4 Å². The summed E-state index contributed by atoms with van der Waals surface area (Å²) >= 11 is 7.78. The number of hydrogen-bond acceptors (Lipinski definition) is 3. The summed E-state index contributed by atoms with van der Waals surface area (Å²) in [4.78, 5) is 1.22. The Morgan fingerprint density at radius 2 is 1.50 bits per heavy atom. The van der Waals surface area contributed by atoms with Gasteiger partial charge in [-0.3, -0.25) is 0 Å². The van der Waals surface area contributed by atoms with Crippen LogP contribution in [0.4, 0.5) is 0 Å². The van der Waals surface area contributed by atoms with E-state index in [1.807, 2.05) is 6.07 Å². The summed E-state index contributed by atoms with van der Waals surface area (Å²) in [5.74, 6) is 0. The molecule has 3 rings (SSSR count). The van der Waals surface area contributed by atoms with Crippen molar-refractivity contribution in [3.63, 3.8) is 0 Å². The van der Waals surface area contributed by atoms with E-state index >= 15 is 0 Å². The molecule has 0 saturated carbocycles. The van der Waals surface area contributed by atoms with Crippen molar-refractivity contribution in [2.24, 2.45) is 0 Å². The fourth-order valence-electron chi connectivity index (χ4n) is 2.28. The lowest BCUT2D eigenvalue weighted by atomic mass is 9.99. The van der Waals surface area contributed by atoms with Crippen LogP contribution in [0.5, 0.6) is 0 Å². The second-order valence-electron chi connectivity index (χ2n) is 5.02. The Labute approximate surface area is 139 Å².